The van der Waals surface area contributed by atoms with Crippen LogP contribution in [0.5, 0.6) is 5.75 Å². The van der Waals surface area contributed by atoms with Crippen molar-refractivity contribution in [3.05, 3.63) is 71.0 Å². The predicted octanol–water partition coefficient (Wildman–Crippen LogP) is 3.98. The number of hydrogen-bond donors (Lipinski definition) is 0. The minimum absolute atomic E-state index is 0.000718. The second-order valence-electron chi connectivity index (χ2n) is 6.16. The van der Waals surface area contributed by atoms with Crippen LogP contribution in [0.2, 0.25) is 0 Å². The molecule has 0 fully saturated rings. The molecule has 0 atom stereocenters. The molecule has 0 unspecified atom stereocenters. The topological polar surface area (TPSA) is 47.4 Å². The van der Waals surface area contributed by atoms with E-state index in [-0.39, 0.29) is 12.5 Å². The van der Waals surface area contributed by atoms with Gasteiger partial charge in [0.05, 0.1) is 6.20 Å². The molecule has 26 heavy (non-hydrogen) atoms. The number of hydrogen-bond acceptors (Lipinski definition) is 3. The maximum Gasteiger partial charge on any atom is 0.243 e. The first-order valence-electron chi connectivity index (χ1n) is 8.21. The lowest BCUT2D eigenvalue weighted by Crippen LogP contribution is -2.26. The number of nitrogens with zero attached hydrogens (tertiary/aromatic N) is 3. The average molecular weight is 414 g/mol. The van der Waals surface area contributed by atoms with E-state index in [4.69, 9.17) is 4.74 Å². The van der Waals surface area contributed by atoms with E-state index in [9.17, 15) is 4.79 Å². The minimum atomic E-state index is 0.000718. The first-order valence-corrected chi connectivity index (χ1v) is 9.01. The normalized spacial score (nSPS) is 10.6. The number of rotatable bonds is 6. The lowest BCUT2D eigenvalue weighted by Gasteiger charge is -2.10. The molecule has 3 rings (SSSR count). The molecule has 0 bridgehead atoms. The number of benzene rings is 2. The van der Waals surface area contributed by atoms with E-state index < -0.39 is 0 Å². The van der Waals surface area contributed by atoms with Crippen LogP contribution in [-0.2, 0) is 17.9 Å². The van der Waals surface area contributed by atoms with Crippen LogP contribution in [0.25, 0.3) is 11.1 Å². The van der Waals surface area contributed by atoms with Crippen molar-refractivity contribution in [2.24, 2.45) is 0 Å². The van der Waals surface area contributed by atoms with E-state index >= 15 is 0 Å². The predicted molar refractivity (Wildman–Crippen MR) is 105 cm³/mol. The van der Waals surface area contributed by atoms with Crippen molar-refractivity contribution < 1.29 is 9.53 Å². The standard InChI is InChI=1S/C20H20BrN3O2/c1-23(2)20(25)13-24-12-17(11-22-24)16-8-18(21)10-19(9-16)26-14-15-6-4-3-5-7-15/h3-12H,13-14H2,1-2H3. The summed E-state index contributed by atoms with van der Waals surface area (Å²) >= 11 is 3.53. The lowest BCUT2D eigenvalue weighted by molar-refractivity contribution is -0.129. The molecule has 1 aromatic heterocycles. The molecule has 5 nitrogen and oxygen atoms in total. The van der Waals surface area contributed by atoms with Gasteiger partial charge in [-0.15, -0.1) is 0 Å². The Hall–Kier alpha value is -2.60. The van der Waals surface area contributed by atoms with E-state index in [0.29, 0.717) is 6.61 Å². The number of ether oxygens (including phenoxy) is 1. The van der Waals surface area contributed by atoms with Gasteiger partial charge in [0, 0.05) is 30.3 Å². The van der Waals surface area contributed by atoms with Crippen LogP contribution >= 0.6 is 15.9 Å². The number of halogens is 1. The van der Waals surface area contributed by atoms with Crippen LogP contribution in [-0.4, -0.2) is 34.7 Å². The summed E-state index contributed by atoms with van der Waals surface area (Å²) in [6.07, 6.45) is 3.62. The van der Waals surface area contributed by atoms with Gasteiger partial charge in [0.25, 0.3) is 0 Å². The van der Waals surface area contributed by atoms with Gasteiger partial charge < -0.3 is 9.64 Å². The van der Waals surface area contributed by atoms with E-state index in [2.05, 4.69) is 21.0 Å². The molecule has 1 heterocycles. The molecule has 0 aliphatic carbocycles. The van der Waals surface area contributed by atoms with Crippen LogP contribution < -0.4 is 4.74 Å². The van der Waals surface area contributed by atoms with Crippen molar-refractivity contribution in [2.75, 3.05) is 14.1 Å². The van der Waals surface area contributed by atoms with Gasteiger partial charge in [0.15, 0.2) is 0 Å². The van der Waals surface area contributed by atoms with Crippen LogP contribution in [0.4, 0.5) is 0 Å². The van der Waals surface area contributed by atoms with Gasteiger partial charge in [0.2, 0.25) is 5.91 Å². The number of likely N-dealkylation sites (N-methyl/N-ethyl adjacent to an activating group) is 1. The van der Waals surface area contributed by atoms with Crippen molar-refractivity contribution >= 4 is 21.8 Å². The fraction of sp³-hybridized carbons (Fsp3) is 0.200. The molecule has 0 spiro atoms. The van der Waals surface area contributed by atoms with Gasteiger partial charge in [-0.25, -0.2) is 0 Å². The molecular formula is C20H20BrN3O2. The third-order valence-corrected chi connectivity index (χ3v) is 4.34. The smallest absolute Gasteiger partial charge is 0.243 e. The number of amides is 1. The third kappa shape index (κ3) is 4.73. The Morgan fingerprint density at radius 1 is 1.15 bits per heavy atom. The molecule has 0 aliphatic rings. The largest absolute Gasteiger partial charge is 0.489 e. The van der Waals surface area contributed by atoms with E-state index in [1.54, 1.807) is 29.9 Å². The van der Waals surface area contributed by atoms with Gasteiger partial charge in [-0.05, 0) is 29.3 Å². The maximum atomic E-state index is 11.8. The van der Waals surface area contributed by atoms with Crippen LogP contribution in [0.1, 0.15) is 5.56 Å². The van der Waals surface area contributed by atoms with Gasteiger partial charge in [-0.1, -0.05) is 46.3 Å². The Morgan fingerprint density at radius 3 is 2.65 bits per heavy atom. The van der Waals surface area contributed by atoms with Gasteiger partial charge in [-0.2, -0.15) is 5.10 Å². The highest BCUT2D eigenvalue weighted by Gasteiger charge is 2.09. The molecule has 134 valence electrons. The van der Waals surface area contributed by atoms with E-state index in [0.717, 1.165) is 26.9 Å². The highest BCUT2D eigenvalue weighted by atomic mass is 79.9. The molecule has 0 saturated carbocycles. The number of aromatic nitrogens is 2. The average Bonchev–Trinajstić information content (AvgIpc) is 3.09. The Bertz CT molecular complexity index is 891. The summed E-state index contributed by atoms with van der Waals surface area (Å²) in [5.74, 6) is 0.774. The number of carbonyl (C=O) groups excluding carboxylic acids is 1. The first kappa shape index (κ1) is 18.2. The Kier molecular flexibility index (Phi) is 5.73. The van der Waals surface area contributed by atoms with Crippen LogP contribution in [0.15, 0.2) is 65.4 Å². The van der Waals surface area contributed by atoms with Crippen LogP contribution in [0, 0.1) is 0 Å². The molecule has 2 aromatic carbocycles. The lowest BCUT2D eigenvalue weighted by atomic mass is 10.1. The maximum absolute atomic E-state index is 11.8. The summed E-state index contributed by atoms with van der Waals surface area (Å²) in [4.78, 5) is 13.4. The number of carbonyl (C=O) groups is 1. The van der Waals surface area contributed by atoms with Gasteiger partial charge in [-0.3, -0.25) is 9.48 Å². The van der Waals surface area contributed by atoms with Crippen molar-refractivity contribution in [1.82, 2.24) is 14.7 Å². The van der Waals surface area contributed by atoms with Gasteiger partial charge >= 0.3 is 0 Å². The van der Waals surface area contributed by atoms with Crippen molar-refractivity contribution in [3.63, 3.8) is 0 Å². The van der Waals surface area contributed by atoms with Gasteiger partial charge in [0.1, 0.15) is 18.9 Å². The molecule has 0 N–H and O–H groups in total. The molecule has 0 radical (unpaired) electrons. The highest BCUT2D eigenvalue weighted by molar-refractivity contribution is 9.10. The summed E-state index contributed by atoms with van der Waals surface area (Å²) in [6.45, 7) is 0.728. The second-order valence-corrected chi connectivity index (χ2v) is 7.08. The Balaban J connectivity index is 1.75. The SMILES string of the molecule is CN(C)C(=O)Cn1cc(-c2cc(Br)cc(OCc3ccccc3)c2)cn1. The molecule has 0 aliphatic heterocycles. The summed E-state index contributed by atoms with van der Waals surface area (Å²) in [6, 6.07) is 16.0. The zero-order valence-electron chi connectivity index (χ0n) is 14.7. The summed E-state index contributed by atoms with van der Waals surface area (Å²) in [5.41, 5.74) is 3.03. The molecule has 3 aromatic rings. The quantitative estimate of drug-likeness (QED) is 0.613. The third-order valence-electron chi connectivity index (χ3n) is 3.88. The second kappa shape index (κ2) is 8.19. The molecular weight excluding hydrogens is 394 g/mol. The Labute approximate surface area is 161 Å². The zero-order chi connectivity index (χ0) is 18.5. The monoisotopic (exact) mass is 413 g/mol. The fourth-order valence-electron chi connectivity index (χ4n) is 2.43. The molecule has 1 amide bonds. The van der Waals surface area contributed by atoms with Crippen LogP contribution in [0.3, 0.4) is 0 Å². The molecule has 0 saturated heterocycles. The van der Waals surface area contributed by atoms with E-state index in [1.165, 1.54) is 0 Å². The van der Waals surface area contributed by atoms with E-state index in [1.807, 2.05) is 54.7 Å². The van der Waals surface area contributed by atoms with Crippen molar-refractivity contribution in [2.45, 2.75) is 13.2 Å². The summed E-state index contributed by atoms with van der Waals surface area (Å²) in [5, 5.41) is 4.28. The minimum Gasteiger partial charge on any atom is -0.489 e. The van der Waals surface area contributed by atoms with Crippen molar-refractivity contribution in [3.8, 4) is 16.9 Å². The highest BCUT2D eigenvalue weighted by Crippen LogP contribution is 2.29. The molecule has 6 heteroatoms. The summed E-state index contributed by atoms with van der Waals surface area (Å²) in [7, 11) is 3.47. The zero-order valence-corrected chi connectivity index (χ0v) is 16.3. The fourth-order valence-corrected chi connectivity index (χ4v) is 2.90. The summed E-state index contributed by atoms with van der Waals surface area (Å²) < 4.78 is 8.49. The van der Waals surface area contributed by atoms with Crippen molar-refractivity contribution in [1.29, 1.82) is 0 Å². The first-order chi connectivity index (χ1) is 12.5. The Morgan fingerprint density at radius 2 is 1.92 bits per heavy atom.